The summed E-state index contributed by atoms with van der Waals surface area (Å²) >= 11 is 0. The molecule has 0 aliphatic rings. The molecule has 0 fully saturated rings. The molecule has 11 aromatic rings. The summed E-state index contributed by atoms with van der Waals surface area (Å²) in [4.78, 5) is 2.35. The number of anilines is 3. The SMILES string of the molecule is c1ccc(-c2cc3ccccc3o2)c(-c2ccc(-c3ccc(N(c4ccc(-c5ccc6ccccc6c5)cc4)c4ccc(-c5cccc6ccccc56)cc4)cc3)cc2)c1. The van der Waals surface area contributed by atoms with E-state index in [0.717, 1.165) is 61.6 Å². The van der Waals surface area contributed by atoms with Crippen molar-refractivity contribution in [3.63, 3.8) is 0 Å². The Bertz CT molecular complexity index is 3250. The summed E-state index contributed by atoms with van der Waals surface area (Å²) in [5, 5.41) is 6.10. The molecule has 11 rings (SSSR count). The third kappa shape index (κ3) is 6.61. The Morgan fingerprint density at radius 2 is 0.717 bits per heavy atom. The van der Waals surface area contributed by atoms with E-state index in [9.17, 15) is 0 Å². The Morgan fingerprint density at radius 3 is 1.40 bits per heavy atom. The lowest BCUT2D eigenvalue weighted by Crippen LogP contribution is -2.09. The van der Waals surface area contributed by atoms with Crippen LogP contribution in [0.4, 0.5) is 17.1 Å². The molecule has 282 valence electrons. The molecule has 0 bridgehead atoms. The van der Waals surface area contributed by atoms with Gasteiger partial charge in [0.05, 0.1) is 0 Å². The zero-order valence-corrected chi connectivity index (χ0v) is 32.9. The fourth-order valence-electron chi connectivity index (χ4n) is 8.60. The fraction of sp³-hybridized carbons (Fsp3) is 0. The molecule has 2 nitrogen and oxygen atoms in total. The smallest absolute Gasteiger partial charge is 0.136 e. The van der Waals surface area contributed by atoms with E-state index in [0.29, 0.717) is 0 Å². The molecule has 0 atom stereocenters. The molecule has 0 aliphatic carbocycles. The van der Waals surface area contributed by atoms with E-state index < -0.39 is 0 Å². The Hall–Kier alpha value is -7.94. The summed E-state index contributed by atoms with van der Waals surface area (Å²) in [6.07, 6.45) is 0. The number of nitrogens with zero attached hydrogens (tertiary/aromatic N) is 1. The first kappa shape index (κ1) is 35.2. The predicted molar refractivity (Wildman–Crippen MR) is 253 cm³/mol. The lowest BCUT2D eigenvalue weighted by atomic mass is 9.95. The van der Waals surface area contributed by atoms with Crippen molar-refractivity contribution in [3.8, 4) is 55.8 Å². The first-order valence-electron chi connectivity index (χ1n) is 20.5. The average Bonchev–Trinajstić information content (AvgIpc) is 3.77. The van der Waals surface area contributed by atoms with Gasteiger partial charge in [-0.2, -0.15) is 0 Å². The molecule has 1 heterocycles. The Kier molecular flexibility index (Phi) is 8.87. The molecule has 10 aromatic carbocycles. The number of fused-ring (bicyclic) bond motifs is 3. The number of benzene rings is 10. The molecule has 60 heavy (non-hydrogen) atoms. The van der Waals surface area contributed by atoms with E-state index in [1.807, 2.05) is 18.2 Å². The van der Waals surface area contributed by atoms with Gasteiger partial charge < -0.3 is 9.32 Å². The summed E-state index contributed by atoms with van der Waals surface area (Å²) in [6, 6.07) is 84.8. The van der Waals surface area contributed by atoms with Crippen LogP contribution in [0.2, 0.25) is 0 Å². The third-order valence-corrected chi connectivity index (χ3v) is 11.7. The largest absolute Gasteiger partial charge is 0.456 e. The Balaban J connectivity index is 0.922. The third-order valence-electron chi connectivity index (χ3n) is 11.7. The second kappa shape index (κ2) is 15.1. The van der Waals surface area contributed by atoms with Crippen LogP contribution in [-0.4, -0.2) is 0 Å². The van der Waals surface area contributed by atoms with Crippen LogP contribution >= 0.6 is 0 Å². The van der Waals surface area contributed by atoms with Crippen LogP contribution in [0.5, 0.6) is 0 Å². The number of hydrogen-bond donors (Lipinski definition) is 0. The predicted octanol–water partition coefficient (Wildman–Crippen LogP) is 16.5. The molecule has 0 amide bonds. The topological polar surface area (TPSA) is 16.4 Å². The van der Waals surface area contributed by atoms with Crippen molar-refractivity contribution in [1.82, 2.24) is 0 Å². The van der Waals surface area contributed by atoms with E-state index in [1.165, 1.54) is 43.8 Å². The second-order valence-corrected chi connectivity index (χ2v) is 15.3. The monoisotopic (exact) mass is 765 g/mol. The van der Waals surface area contributed by atoms with Gasteiger partial charge in [0.2, 0.25) is 0 Å². The Morgan fingerprint density at radius 1 is 0.267 bits per heavy atom. The lowest BCUT2D eigenvalue weighted by molar-refractivity contribution is 0.632. The number of para-hydroxylation sites is 1. The maximum atomic E-state index is 6.28. The normalized spacial score (nSPS) is 11.3. The number of furan rings is 1. The van der Waals surface area contributed by atoms with E-state index in [1.54, 1.807) is 0 Å². The second-order valence-electron chi connectivity index (χ2n) is 15.3. The van der Waals surface area contributed by atoms with Crippen molar-refractivity contribution in [2.75, 3.05) is 4.90 Å². The first-order chi connectivity index (χ1) is 29.7. The highest BCUT2D eigenvalue weighted by Gasteiger charge is 2.16. The Labute approximate surface area is 349 Å². The zero-order valence-electron chi connectivity index (χ0n) is 32.9. The first-order valence-corrected chi connectivity index (χ1v) is 20.5. The lowest BCUT2D eigenvalue weighted by Gasteiger charge is -2.26. The quantitative estimate of drug-likeness (QED) is 0.153. The maximum absolute atomic E-state index is 6.28. The molecule has 2 heteroatoms. The van der Waals surface area contributed by atoms with Gasteiger partial charge in [-0.1, -0.05) is 182 Å². The number of hydrogen-bond acceptors (Lipinski definition) is 2. The fourth-order valence-corrected chi connectivity index (χ4v) is 8.60. The van der Waals surface area contributed by atoms with Crippen LogP contribution in [-0.2, 0) is 0 Å². The van der Waals surface area contributed by atoms with Gasteiger partial charge in [0.15, 0.2) is 0 Å². The van der Waals surface area contributed by atoms with Crippen molar-refractivity contribution in [2.24, 2.45) is 0 Å². The minimum atomic E-state index is 0.877. The van der Waals surface area contributed by atoms with Gasteiger partial charge in [0.25, 0.3) is 0 Å². The van der Waals surface area contributed by atoms with Crippen LogP contribution in [0.25, 0.3) is 88.3 Å². The van der Waals surface area contributed by atoms with Crippen molar-refractivity contribution >= 4 is 49.6 Å². The summed E-state index contributed by atoms with van der Waals surface area (Å²) in [5.41, 5.74) is 14.7. The zero-order chi connectivity index (χ0) is 39.8. The molecular formula is C58H39NO. The molecule has 0 N–H and O–H groups in total. The highest BCUT2D eigenvalue weighted by molar-refractivity contribution is 5.97. The van der Waals surface area contributed by atoms with Crippen LogP contribution in [0.1, 0.15) is 0 Å². The molecule has 0 radical (unpaired) electrons. The maximum Gasteiger partial charge on any atom is 0.136 e. The van der Waals surface area contributed by atoms with Crippen molar-refractivity contribution < 1.29 is 4.42 Å². The minimum absolute atomic E-state index is 0.877. The highest BCUT2D eigenvalue weighted by atomic mass is 16.3. The molecule has 0 aliphatic heterocycles. The number of rotatable bonds is 8. The summed E-state index contributed by atoms with van der Waals surface area (Å²) in [5.74, 6) is 0.877. The summed E-state index contributed by atoms with van der Waals surface area (Å²) in [6.45, 7) is 0. The standard InChI is InChI=1S/C58H39NO/c1-2-12-47-38-48(25-22-40(47)10-1)43-28-34-51(35-29-43)59(52-36-30-46(31-37-52)54-18-9-14-44-11-3-5-15-53(44)54)50-32-26-42(27-33-50)41-20-23-45(24-21-41)55-16-6-7-17-56(55)58-39-49-13-4-8-19-57(49)60-58/h1-39H. The van der Waals surface area contributed by atoms with Gasteiger partial charge in [-0.3, -0.25) is 0 Å². The minimum Gasteiger partial charge on any atom is -0.456 e. The van der Waals surface area contributed by atoms with Crippen molar-refractivity contribution in [3.05, 3.63) is 237 Å². The van der Waals surface area contributed by atoms with E-state index in [2.05, 4.69) is 223 Å². The van der Waals surface area contributed by atoms with Crippen LogP contribution < -0.4 is 4.90 Å². The van der Waals surface area contributed by atoms with Gasteiger partial charge >= 0.3 is 0 Å². The van der Waals surface area contributed by atoms with Gasteiger partial charge in [-0.25, -0.2) is 0 Å². The van der Waals surface area contributed by atoms with Crippen LogP contribution in [0.15, 0.2) is 241 Å². The van der Waals surface area contributed by atoms with Gasteiger partial charge in [0, 0.05) is 28.0 Å². The summed E-state index contributed by atoms with van der Waals surface area (Å²) in [7, 11) is 0. The molecular weight excluding hydrogens is 727 g/mol. The van der Waals surface area contributed by atoms with E-state index >= 15 is 0 Å². The molecule has 0 saturated heterocycles. The van der Waals surface area contributed by atoms with E-state index in [-0.39, 0.29) is 0 Å². The molecule has 0 spiro atoms. The van der Waals surface area contributed by atoms with Crippen LogP contribution in [0, 0.1) is 0 Å². The molecule has 0 unspecified atom stereocenters. The average molecular weight is 766 g/mol. The van der Waals surface area contributed by atoms with Crippen molar-refractivity contribution in [2.45, 2.75) is 0 Å². The van der Waals surface area contributed by atoms with Crippen molar-refractivity contribution in [1.29, 1.82) is 0 Å². The molecule has 0 saturated carbocycles. The van der Waals surface area contributed by atoms with E-state index in [4.69, 9.17) is 4.42 Å². The van der Waals surface area contributed by atoms with Gasteiger partial charge in [0.1, 0.15) is 11.3 Å². The van der Waals surface area contributed by atoms with Crippen LogP contribution in [0.3, 0.4) is 0 Å². The molecule has 1 aromatic heterocycles. The van der Waals surface area contributed by atoms with Gasteiger partial charge in [-0.15, -0.1) is 0 Å². The van der Waals surface area contributed by atoms with Gasteiger partial charge in [-0.05, 0) is 121 Å². The summed E-state index contributed by atoms with van der Waals surface area (Å²) < 4.78 is 6.28. The highest BCUT2D eigenvalue weighted by Crippen LogP contribution is 2.40.